The highest BCUT2D eigenvalue weighted by molar-refractivity contribution is 9.12. The van der Waals surface area contributed by atoms with E-state index in [-0.39, 0.29) is 51.1 Å². The van der Waals surface area contributed by atoms with Gasteiger partial charge in [-0.1, -0.05) is 45.7 Å². The highest BCUT2D eigenvalue weighted by atomic mass is 79.9. The molecule has 7 atom stereocenters. The molecular weight excluding hydrogens is 406 g/mol. The molecule has 7 heteroatoms. The number of rotatable bonds is 3. The van der Waals surface area contributed by atoms with Crippen LogP contribution in [0.15, 0.2) is 0 Å². The summed E-state index contributed by atoms with van der Waals surface area (Å²) in [6, 6.07) is -1.06. The average Bonchev–Trinajstić information content (AvgIpc) is 2.98. The number of imide groups is 1. The lowest BCUT2D eigenvalue weighted by atomic mass is 9.81. The van der Waals surface area contributed by atoms with Crippen molar-refractivity contribution in [2.45, 2.75) is 36.0 Å². The number of amides is 2. The molecule has 0 spiro atoms. The first kappa shape index (κ1) is 15.5. The van der Waals surface area contributed by atoms with Crippen LogP contribution in [0.2, 0.25) is 0 Å². The smallest absolute Gasteiger partial charge is 0.327 e. The molecule has 1 aliphatic heterocycles. The highest BCUT2D eigenvalue weighted by Gasteiger charge is 2.67. The Balaban J connectivity index is 1.96. The number of fused-ring (bicyclic) bond motifs is 5. The molecule has 1 saturated heterocycles. The molecule has 3 rings (SSSR count). The van der Waals surface area contributed by atoms with Crippen molar-refractivity contribution in [3.05, 3.63) is 0 Å². The molecule has 2 saturated carbocycles. The van der Waals surface area contributed by atoms with Gasteiger partial charge in [0.2, 0.25) is 11.8 Å². The van der Waals surface area contributed by atoms with Crippen molar-refractivity contribution in [2.75, 3.05) is 0 Å². The van der Waals surface area contributed by atoms with E-state index in [1.165, 1.54) is 0 Å². The molecule has 3 aliphatic rings. The standard InChI is InChI=1S/C14H17Br2NO4/c1-4(2)11(14(20)21)17-12(18)7-5-3-6(8(7)13(17)19)10(16)9(5)15/h4-11H,3H2,1-2H3,(H,20,21). The van der Waals surface area contributed by atoms with Crippen LogP contribution in [0.25, 0.3) is 0 Å². The van der Waals surface area contributed by atoms with Crippen LogP contribution in [0, 0.1) is 29.6 Å². The first-order valence-electron chi connectivity index (χ1n) is 7.15. The van der Waals surface area contributed by atoms with Crippen molar-refractivity contribution in [1.29, 1.82) is 0 Å². The number of nitrogens with zero attached hydrogens (tertiary/aromatic N) is 1. The molecule has 3 fully saturated rings. The number of alkyl halides is 2. The summed E-state index contributed by atoms with van der Waals surface area (Å²) in [4.78, 5) is 38.2. The summed E-state index contributed by atoms with van der Waals surface area (Å²) in [7, 11) is 0. The molecule has 21 heavy (non-hydrogen) atoms. The van der Waals surface area contributed by atoms with E-state index in [9.17, 15) is 19.5 Å². The molecule has 116 valence electrons. The zero-order valence-corrected chi connectivity index (χ0v) is 14.9. The van der Waals surface area contributed by atoms with Crippen LogP contribution in [-0.2, 0) is 14.4 Å². The maximum Gasteiger partial charge on any atom is 0.327 e. The van der Waals surface area contributed by atoms with E-state index in [1.807, 2.05) is 0 Å². The second-order valence-corrected chi connectivity index (χ2v) is 8.69. The largest absolute Gasteiger partial charge is 0.480 e. The van der Waals surface area contributed by atoms with E-state index < -0.39 is 12.0 Å². The summed E-state index contributed by atoms with van der Waals surface area (Å²) in [6.45, 7) is 3.45. The van der Waals surface area contributed by atoms with E-state index in [1.54, 1.807) is 13.8 Å². The van der Waals surface area contributed by atoms with Gasteiger partial charge in [-0.2, -0.15) is 0 Å². The summed E-state index contributed by atoms with van der Waals surface area (Å²) in [5, 5.41) is 9.39. The predicted molar refractivity (Wildman–Crippen MR) is 82.1 cm³/mol. The number of hydrogen-bond acceptors (Lipinski definition) is 3. The van der Waals surface area contributed by atoms with Crippen LogP contribution in [0.3, 0.4) is 0 Å². The fourth-order valence-corrected chi connectivity index (χ4v) is 6.21. The highest BCUT2D eigenvalue weighted by Crippen LogP contribution is 2.60. The lowest BCUT2D eigenvalue weighted by Crippen LogP contribution is -2.49. The summed E-state index contributed by atoms with van der Waals surface area (Å²) in [5.74, 6) is -2.44. The third kappa shape index (κ3) is 1.96. The number of aliphatic carboxylic acids is 1. The van der Waals surface area contributed by atoms with Gasteiger partial charge >= 0.3 is 5.97 Å². The maximum absolute atomic E-state index is 12.7. The molecule has 1 heterocycles. The number of carboxylic acid groups (broad SMARTS) is 1. The first-order chi connectivity index (χ1) is 9.77. The van der Waals surface area contributed by atoms with Gasteiger partial charge in [-0.25, -0.2) is 4.79 Å². The SMILES string of the molecule is CC(C)C(C(=O)O)N1C(=O)C2C3CC(C(Br)C3Br)C2C1=O. The van der Waals surface area contributed by atoms with E-state index in [4.69, 9.17) is 0 Å². The Labute approximate surface area is 139 Å². The first-order valence-corrected chi connectivity index (χ1v) is 8.98. The van der Waals surface area contributed by atoms with Gasteiger partial charge in [0.25, 0.3) is 0 Å². The lowest BCUT2D eigenvalue weighted by Gasteiger charge is -2.28. The van der Waals surface area contributed by atoms with Gasteiger partial charge in [0, 0.05) is 9.65 Å². The van der Waals surface area contributed by atoms with Crippen molar-refractivity contribution in [3.63, 3.8) is 0 Å². The quantitative estimate of drug-likeness (QED) is 0.556. The van der Waals surface area contributed by atoms with E-state index in [0.717, 1.165) is 11.3 Å². The van der Waals surface area contributed by atoms with Crippen molar-refractivity contribution >= 4 is 49.6 Å². The van der Waals surface area contributed by atoms with Crippen LogP contribution in [0.4, 0.5) is 0 Å². The van der Waals surface area contributed by atoms with E-state index in [2.05, 4.69) is 31.9 Å². The number of carboxylic acids is 1. The summed E-state index contributed by atoms with van der Waals surface area (Å²) >= 11 is 7.23. The molecule has 0 aromatic rings. The van der Waals surface area contributed by atoms with Gasteiger partial charge in [-0.05, 0) is 24.2 Å². The molecule has 0 aromatic carbocycles. The summed E-state index contributed by atoms with van der Waals surface area (Å²) in [5.41, 5.74) is 0. The molecule has 1 N–H and O–H groups in total. The fraction of sp³-hybridized carbons (Fsp3) is 0.786. The van der Waals surface area contributed by atoms with E-state index in [0.29, 0.717) is 0 Å². The summed E-state index contributed by atoms with van der Waals surface area (Å²) < 4.78 is 0. The Bertz CT molecular complexity index is 491. The molecule has 7 unspecified atom stereocenters. The van der Waals surface area contributed by atoms with Gasteiger partial charge in [-0.15, -0.1) is 0 Å². The van der Waals surface area contributed by atoms with Gasteiger partial charge in [0.15, 0.2) is 0 Å². The molecule has 0 aromatic heterocycles. The minimum absolute atomic E-state index is 0.118. The number of likely N-dealkylation sites (tertiary alicyclic amines) is 1. The van der Waals surface area contributed by atoms with Crippen LogP contribution < -0.4 is 0 Å². The second-order valence-electron chi connectivity index (χ2n) is 6.58. The Hall–Kier alpha value is -0.430. The van der Waals surface area contributed by atoms with Crippen LogP contribution in [-0.4, -0.2) is 43.5 Å². The molecule has 0 radical (unpaired) electrons. The number of carbonyl (C=O) groups excluding carboxylic acids is 2. The van der Waals surface area contributed by atoms with Crippen LogP contribution in [0.1, 0.15) is 20.3 Å². The molecular formula is C14H17Br2NO4. The lowest BCUT2D eigenvalue weighted by molar-refractivity contribution is -0.157. The second kappa shape index (κ2) is 5.05. The molecule has 5 nitrogen and oxygen atoms in total. The Morgan fingerprint density at radius 1 is 1.14 bits per heavy atom. The van der Waals surface area contributed by atoms with Gasteiger partial charge in [-0.3, -0.25) is 14.5 Å². The summed E-state index contributed by atoms with van der Waals surface area (Å²) in [6.07, 6.45) is 0.853. The minimum Gasteiger partial charge on any atom is -0.480 e. The number of hydrogen-bond donors (Lipinski definition) is 1. The molecule has 2 amide bonds. The normalized spacial score (nSPS) is 42.8. The van der Waals surface area contributed by atoms with Gasteiger partial charge in [0.1, 0.15) is 6.04 Å². The zero-order valence-electron chi connectivity index (χ0n) is 11.7. The zero-order chi connectivity index (χ0) is 15.6. The Kier molecular flexibility index (Phi) is 3.72. The predicted octanol–water partition coefficient (Wildman–Crippen LogP) is 1.87. The minimum atomic E-state index is -1.11. The van der Waals surface area contributed by atoms with E-state index >= 15 is 0 Å². The Morgan fingerprint density at radius 2 is 1.57 bits per heavy atom. The van der Waals surface area contributed by atoms with Crippen LogP contribution >= 0.6 is 31.9 Å². The Morgan fingerprint density at radius 3 is 1.90 bits per heavy atom. The molecule has 2 aliphatic carbocycles. The third-order valence-electron chi connectivity index (χ3n) is 5.18. The van der Waals surface area contributed by atoms with Crippen molar-refractivity contribution in [1.82, 2.24) is 4.90 Å². The number of halogens is 2. The average molecular weight is 423 g/mol. The number of carbonyl (C=O) groups is 3. The third-order valence-corrected chi connectivity index (χ3v) is 8.39. The molecule has 2 bridgehead atoms. The monoisotopic (exact) mass is 421 g/mol. The van der Waals surface area contributed by atoms with Gasteiger partial charge in [0.05, 0.1) is 11.8 Å². The topological polar surface area (TPSA) is 74.7 Å². The van der Waals surface area contributed by atoms with Crippen LogP contribution in [0.5, 0.6) is 0 Å². The fourth-order valence-electron chi connectivity index (χ4n) is 4.34. The maximum atomic E-state index is 12.7. The van der Waals surface area contributed by atoms with Crippen molar-refractivity contribution < 1.29 is 19.5 Å². The van der Waals surface area contributed by atoms with Crippen molar-refractivity contribution in [3.8, 4) is 0 Å². The van der Waals surface area contributed by atoms with Crippen molar-refractivity contribution in [2.24, 2.45) is 29.6 Å². The van der Waals surface area contributed by atoms with Gasteiger partial charge < -0.3 is 5.11 Å².